The van der Waals surface area contributed by atoms with Crippen LogP contribution in [-0.2, 0) is 10.1 Å². The van der Waals surface area contributed by atoms with Gasteiger partial charge in [-0.1, -0.05) is 12.1 Å². The molecule has 0 aromatic heterocycles. The molecule has 5 heteroatoms. The Morgan fingerprint density at radius 3 is 2.27 bits per heavy atom. The lowest BCUT2D eigenvalue weighted by Crippen LogP contribution is -2.11. The maximum Gasteiger partial charge on any atom is 0.339 e. The average Bonchev–Trinajstić information content (AvgIpc) is 2.40. The highest BCUT2D eigenvalue weighted by molar-refractivity contribution is 7.87. The molecule has 22 heavy (non-hydrogen) atoms. The molecule has 0 unspecified atom stereocenters. The molecule has 0 radical (unpaired) electrons. The molecule has 0 heterocycles. The van der Waals surface area contributed by atoms with Crippen LogP contribution in [0.25, 0.3) is 0 Å². The van der Waals surface area contributed by atoms with Gasteiger partial charge in [0.25, 0.3) is 0 Å². The van der Waals surface area contributed by atoms with Crippen LogP contribution in [0.1, 0.15) is 23.6 Å². The maximum absolute atomic E-state index is 12.5. The predicted octanol–water partition coefficient (Wildman–Crippen LogP) is 3.78. The third kappa shape index (κ3) is 3.80. The second-order valence-corrected chi connectivity index (χ2v) is 6.74. The predicted molar refractivity (Wildman–Crippen MR) is 86.1 cm³/mol. The van der Waals surface area contributed by atoms with E-state index in [4.69, 9.17) is 8.92 Å². The zero-order valence-electron chi connectivity index (χ0n) is 13.2. The summed E-state index contributed by atoms with van der Waals surface area (Å²) in [5.74, 6) is 0.845. The average molecular weight is 320 g/mol. The van der Waals surface area contributed by atoms with Crippen LogP contribution in [0.3, 0.4) is 0 Å². The van der Waals surface area contributed by atoms with Crippen LogP contribution in [0, 0.1) is 20.8 Å². The van der Waals surface area contributed by atoms with Crippen molar-refractivity contribution in [2.45, 2.75) is 32.6 Å². The zero-order valence-corrected chi connectivity index (χ0v) is 14.0. The van der Waals surface area contributed by atoms with Crippen molar-refractivity contribution in [2.75, 3.05) is 6.61 Å². The standard InChI is InChI=1S/C17H20O4S/c1-5-20-15-8-13(3)9-16(11-15)21-22(18,19)17-10-12(2)6-7-14(17)4/h6-11H,5H2,1-4H3. The lowest BCUT2D eigenvalue weighted by atomic mass is 10.2. The third-order valence-electron chi connectivity index (χ3n) is 3.15. The number of aryl methyl sites for hydroxylation is 3. The molecule has 2 aromatic rings. The first-order chi connectivity index (χ1) is 10.3. The van der Waals surface area contributed by atoms with Crippen LogP contribution in [0.15, 0.2) is 41.3 Å². The first-order valence-corrected chi connectivity index (χ1v) is 8.49. The highest BCUT2D eigenvalue weighted by atomic mass is 32.2. The van der Waals surface area contributed by atoms with Crippen molar-refractivity contribution in [3.8, 4) is 11.5 Å². The molecule has 0 fully saturated rings. The second-order valence-electron chi connectivity index (χ2n) is 5.22. The Balaban J connectivity index is 2.38. The van der Waals surface area contributed by atoms with Gasteiger partial charge in [-0.15, -0.1) is 0 Å². The van der Waals surface area contributed by atoms with Gasteiger partial charge in [0.05, 0.1) is 6.61 Å². The van der Waals surface area contributed by atoms with Crippen LogP contribution in [0.4, 0.5) is 0 Å². The van der Waals surface area contributed by atoms with Crippen LogP contribution in [0.2, 0.25) is 0 Å². The van der Waals surface area contributed by atoms with E-state index in [1.165, 1.54) is 0 Å². The molecule has 0 aliphatic rings. The minimum absolute atomic E-state index is 0.187. The first kappa shape index (κ1) is 16.4. The van der Waals surface area contributed by atoms with Gasteiger partial charge in [-0.05, 0) is 62.6 Å². The second kappa shape index (κ2) is 6.40. The molecule has 0 aliphatic heterocycles. The van der Waals surface area contributed by atoms with Crippen LogP contribution < -0.4 is 8.92 Å². The molecular weight excluding hydrogens is 300 g/mol. The molecule has 4 nitrogen and oxygen atoms in total. The smallest absolute Gasteiger partial charge is 0.339 e. The molecular formula is C17H20O4S. The summed E-state index contributed by atoms with van der Waals surface area (Å²) in [6, 6.07) is 10.3. The summed E-state index contributed by atoms with van der Waals surface area (Å²) in [6.45, 7) is 7.83. The Morgan fingerprint density at radius 2 is 1.59 bits per heavy atom. The SMILES string of the molecule is CCOc1cc(C)cc(OS(=O)(=O)c2cc(C)ccc2C)c1. The van der Waals surface area contributed by atoms with Crippen molar-refractivity contribution < 1.29 is 17.3 Å². The summed E-state index contributed by atoms with van der Waals surface area (Å²) in [5, 5.41) is 0. The van der Waals surface area contributed by atoms with Crippen molar-refractivity contribution in [3.63, 3.8) is 0 Å². The molecule has 0 aliphatic carbocycles. The summed E-state index contributed by atoms with van der Waals surface area (Å²) in [4.78, 5) is 0.187. The monoisotopic (exact) mass is 320 g/mol. The van der Waals surface area contributed by atoms with E-state index < -0.39 is 10.1 Å². The van der Waals surface area contributed by atoms with Gasteiger partial charge in [-0.3, -0.25) is 0 Å². The van der Waals surface area contributed by atoms with Crippen molar-refractivity contribution in [2.24, 2.45) is 0 Å². The van der Waals surface area contributed by atoms with Crippen molar-refractivity contribution >= 4 is 10.1 Å². The Hall–Kier alpha value is -2.01. The van der Waals surface area contributed by atoms with E-state index in [0.717, 1.165) is 11.1 Å². The van der Waals surface area contributed by atoms with E-state index in [-0.39, 0.29) is 10.6 Å². The fourth-order valence-electron chi connectivity index (χ4n) is 2.16. The molecule has 2 aromatic carbocycles. The number of benzene rings is 2. The lowest BCUT2D eigenvalue weighted by Gasteiger charge is -2.12. The van der Waals surface area contributed by atoms with Gasteiger partial charge in [0.1, 0.15) is 16.4 Å². The number of rotatable bonds is 5. The molecule has 0 saturated heterocycles. The maximum atomic E-state index is 12.5. The van der Waals surface area contributed by atoms with Gasteiger partial charge in [-0.25, -0.2) is 0 Å². The van der Waals surface area contributed by atoms with Gasteiger partial charge < -0.3 is 8.92 Å². The Morgan fingerprint density at radius 1 is 0.909 bits per heavy atom. The minimum atomic E-state index is -3.87. The highest BCUT2D eigenvalue weighted by Gasteiger charge is 2.20. The third-order valence-corrected chi connectivity index (χ3v) is 4.54. The Labute approximate surface area is 131 Å². The van der Waals surface area contributed by atoms with E-state index in [1.807, 2.05) is 32.9 Å². The van der Waals surface area contributed by atoms with Crippen molar-refractivity contribution in [1.29, 1.82) is 0 Å². The Kier molecular flexibility index (Phi) is 4.76. The molecule has 0 spiro atoms. The highest BCUT2D eigenvalue weighted by Crippen LogP contribution is 2.27. The summed E-state index contributed by atoms with van der Waals surface area (Å²) in [6.07, 6.45) is 0. The molecule has 0 atom stereocenters. The van der Waals surface area contributed by atoms with Gasteiger partial charge >= 0.3 is 10.1 Å². The summed E-state index contributed by atoms with van der Waals surface area (Å²) < 4.78 is 35.7. The first-order valence-electron chi connectivity index (χ1n) is 7.08. The topological polar surface area (TPSA) is 52.6 Å². The van der Waals surface area contributed by atoms with Crippen molar-refractivity contribution in [3.05, 3.63) is 53.1 Å². The molecule has 0 N–H and O–H groups in total. The van der Waals surface area contributed by atoms with Gasteiger partial charge in [-0.2, -0.15) is 8.42 Å². The normalized spacial score (nSPS) is 11.3. The number of hydrogen-bond acceptors (Lipinski definition) is 4. The van der Waals surface area contributed by atoms with E-state index in [0.29, 0.717) is 17.9 Å². The molecule has 0 amide bonds. The fourth-order valence-corrected chi connectivity index (χ4v) is 3.39. The molecule has 118 valence electrons. The van der Waals surface area contributed by atoms with E-state index >= 15 is 0 Å². The lowest BCUT2D eigenvalue weighted by molar-refractivity contribution is 0.338. The quantitative estimate of drug-likeness (QED) is 0.787. The van der Waals surface area contributed by atoms with Crippen LogP contribution in [-0.4, -0.2) is 15.0 Å². The molecule has 2 rings (SSSR count). The van der Waals surface area contributed by atoms with E-state index in [1.54, 1.807) is 31.2 Å². The number of hydrogen-bond donors (Lipinski definition) is 0. The zero-order chi connectivity index (χ0) is 16.3. The largest absolute Gasteiger partial charge is 0.494 e. The van der Waals surface area contributed by atoms with Gasteiger partial charge in [0, 0.05) is 6.07 Å². The van der Waals surface area contributed by atoms with Gasteiger partial charge in [0.2, 0.25) is 0 Å². The fraction of sp³-hybridized carbons (Fsp3) is 0.294. The van der Waals surface area contributed by atoms with E-state index in [2.05, 4.69) is 0 Å². The van der Waals surface area contributed by atoms with Gasteiger partial charge in [0.15, 0.2) is 0 Å². The molecule has 0 bridgehead atoms. The Bertz CT molecular complexity index is 779. The molecule has 0 saturated carbocycles. The minimum Gasteiger partial charge on any atom is -0.494 e. The van der Waals surface area contributed by atoms with Crippen LogP contribution >= 0.6 is 0 Å². The van der Waals surface area contributed by atoms with Crippen LogP contribution in [0.5, 0.6) is 11.5 Å². The van der Waals surface area contributed by atoms with Crippen molar-refractivity contribution in [1.82, 2.24) is 0 Å². The van der Waals surface area contributed by atoms with E-state index in [9.17, 15) is 8.42 Å². The summed E-state index contributed by atoms with van der Waals surface area (Å²) in [5.41, 5.74) is 2.40. The summed E-state index contributed by atoms with van der Waals surface area (Å²) in [7, 11) is -3.87. The number of ether oxygens (including phenoxy) is 1. The summed E-state index contributed by atoms with van der Waals surface area (Å²) >= 11 is 0.